The van der Waals surface area contributed by atoms with Crippen LogP contribution in [-0.2, 0) is 4.79 Å². The van der Waals surface area contributed by atoms with Crippen LogP contribution in [-0.4, -0.2) is 18.2 Å². The number of carbonyl (C=O) groups excluding carboxylic acids is 1. The molecule has 0 saturated heterocycles. The summed E-state index contributed by atoms with van der Waals surface area (Å²) < 4.78 is 7.53. The van der Waals surface area contributed by atoms with E-state index in [0.29, 0.717) is 5.75 Å². The first-order valence-corrected chi connectivity index (χ1v) is 10.5. The summed E-state index contributed by atoms with van der Waals surface area (Å²) >= 11 is 7.04. The number of carbonyl (C=O) groups is 1. The molecule has 144 valence electrons. The minimum Gasteiger partial charge on any atom is -0.483 e. The van der Waals surface area contributed by atoms with Crippen LogP contribution >= 0.6 is 31.9 Å². The van der Waals surface area contributed by atoms with Crippen molar-refractivity contribution in [3.05, 3.63) is 75.2 Å². The number of benzene rings is 3. The third-order valence-corrected chi connectivity index (χ3v) is 5.47. The van der Waals surface area contributed by atoms with Crippen LogP contribution in [0.15, 0.2) is 74.7 Å². The van der Waals surface area contributed by atoms with E-state index in [1.807, 2.05) is 74.5 Å². The predicted molar refractivity (Wildman–Crippen MR) is 121 cm³/mol. The maximum absolute atomic E-state index is 12.2. The van der Waals surface area contributed by atoms with Gasteiger partial charge in [0.15, 0.2) is 6.61 Å². The van der Waals surface area contributed by atoms with E-state index in [0.717, 1.165) is 31.0 Å². The molecule has 6 heteroatoms. The Kier molecular flexibility index (Phi) is 6.86. The Morgan fingerprint density at radius 3 is 2.54 bits per heavy atom. The number of hydrazone groups is 1. The highest BCUT2D eigenvalue weighted by atomic mass is 79.9. The van der Waals surface area contributed by atoms with Gasteiger partial charge in [0.05, 0.1) is 10.2 Å². The Morgan fingerprint density at radius 1 is 1.07 bits per heavy atom. The molecular weight excluding hydrogens is 484 g/mol. The number of rotatable bonds is 6. The summed E-state index contributed by atoms with van der Waals surface area (Å²) in [5.74, 6) is 0.482. The number of fused-ring (bicyclic) bond motifs is 1. The van der Waals surface area contributed by atoms with Crippen LogP contribution in [0.5, 0.6) is 5.75 Å². The maximum Gasteiger partial charge on any atom is 0.277 e. The number of hydrogen-bond donors (Lipinski definition) is 1. The summed E-state index contributed by atoms with van der Waals surface area (Å²) in [5, 5.41) is 6.40. The van der Waals surface area contributed by atoms with Gasteiger partial charge in [-0.3, -0.25) is 4.79 Å². The number of nitrogens with one attached hydrogen (secondary N) is 1. The Hall–Kier alpha value is -2.18. The van der Waals surface area contributed by atoms with Crippen LogP contribution in [0.1, 0.15) is 19.4 Å². The molecule has 0 radical (unpaired) electrons. The van der Waals surface area contributed by atoms with Gasteiger partial charge in [-0.25, -0.2) is 5.43 Å². The summed E-state index contributed by atoms with van der Waals surface area (Å²) in [6.07, 6.45) is 0. The number of hydrogen-bond acceptors (Lipinski definition) is 3. The van der Waals surface area contributed by atoms with Crippen molar-refractivity contribution >= 4 is 54.3 Å². The van der Waals surface area contributed by atoms with E-state index in [9.17, 15) is 4.79 Å². The average Bonchev–Trinajstić information content (AvgIpc) is 2.68. The summed E-state index contributed by atoms with van der Waals surface area (Å²) in [6.45, 7) is 3.96. The molecular formula is C22H20Br2N2O2. The molecule has 0 aliphatic rings. The Morgan fingerprint density at radius 2 is 1.82 bits per heavy atom. The van der Waals surface area contributed by atoms with Crippen molar-refractivity contribution in [2.24, 2.45) is 11.0 Å². The molecule has 4 nitrogen and oxygen atoms in total. The minimum absolute atomic E-state index is 0.121. The summed E-state index contributed by atoms with van der Waals surface area (Å²) in [6, 6.07) is 19.6. The largest absolute Gasteiger partial charge is 0.483 e. The van der Waals surface area contributed by atoms with Crippen LogP contribution in [0.2, 0.25) is 0 Å². The molecule has 1 amide bonds. The SMILES string of the molecule is CC(C)C(=NNC(=O)COc1ccc2cc(Br)ccc2c1Br)c1ccccc1. The first-order chi connectivity index (χ1) is 13.5. The zero-order valence-electron chi connectivity index (χ0n) is 15.6. The second kappa shape index (κ2) is 9.34. The van der Waals surface area contributed by atoms with Crippen LogP contribution in [0.3, 0.4) is 0 Å². The second-order valence-electron chi connectivity index (χ2n) is 6.58. The van der Waals surface area contributed by atoms with Gasteiger partial charge in [0.1, 0.15) is 5.75 Å². The Labute approximate surface area is 181 Å². The van der Waals surface area contributed by atoms with Crippen LogP contribution in [0, 0.1) is 5.92 Å². The van der Waals surface area contributed by atoms with Gasteiger partial charge < -0.3 is 4.74 Å². The lowest BCUT2D eigenvalue weighted by molar-refractivity contribution is -0.123. The number of nitrogens with zero attached hydrogens (tertiary/aromatic N) is 1. The monoisotopic (exact) mass is 502 g/mol. The number of ether oxygens (including phenoxy) is 1. The molecule has 0 fully saturated rings. The normalized spacial score (nSPS) is 11.7. The Balaban J connectivity index is 1.68. The van der Waals surface area contributed by atoms with Crippen LogP contribution in [0.25, 0.3) is 10.8 Å². The molecule has 0 heterocycles. The van der Waals surface area contributed by atoms with Crippen molar-refractivity contribution in [2.45, 2.75) is 13.8 Å². The van der Waals surface area contributed by atoms with Crippen LogP contribution < -0.4 is 10.2 Å². The lowest BCUT2D eigenvalue weighted by Gasteiger charge is -2.12. The quantitative estimate of drug-likeness (QED) is 0.335. The van der Waals surface area contributed by atoms with Gasteiger partial charge in [0, 0.05) is 4.47 Å². The highest BCUT2D eigenvalue weighted by molar-refractivity contribution is 9.11. The highest BCUT2D eigenvalue weighted by Crippen LogP contribution is 2.34. The molecule has 3 aromatic carbocycles. The lowest BCUT2D eigenvalue weighted by Crippen LogP contribution is -2.27. The molecule has 0 unspecified atom stereocenters. The third kappa shape index (κ3) is 5.00. The summed E-state index contributed by atoms with van der Waals surface area (Å²) in [5.41, 5.74) is 4.41. The average molecular weight is 504 g/mol. The van der Waals surface area contributed by atoms with Crippen molar-refractivity contribution < 1.29 is 9.53 Å². The van der Waals surface area contributed by atoms with Crippen LogP contribution in [0.4, 0.5) is 0 Å². The Bertz CT molecular complexity index is 1020. The molecule has 1 N–H and O–H groups in total. The fourth-order valence-electron chi connectivity index (χ4n) is 2.79. The predicted octanol–water partition coefficient (Wildman–Crippen LogP) is 5.92. The number of halogens is 2. The van der Waals surface area contributed by atoms with Gasteiger partial charge in [-0.1, -0.05) is 72.2 Å². The molecule has 0 aliphatic carbocycles. The van der Waals surface area contributed by atoms with Crippen molar-refractivity contribution in [3.63, 3.8) is 0 Å². The van der Waals surface area contributed by atoms with Crippen molar-refractivity contribution in [1.82, 2.24) is 5.43 Å². The molecule has 0 aliphatic heterocycles. The molecule has 28 heavy (non-hydrogen) atoms. The number of amides is 1. The van der Waals surface area contributed by atoms with E-state index < -0.39 is 0 Å². The van der Waals surface area contributed by atoms with E-state index in [1.54, 1.807) is 0 Å². The maximum atomic E-state index is 12.2. The van der Waals surface area contributed by atoms with Gasteiger partial charge in [-0.05, 0) is 56.4 Å². The first kappa shape index (κ1) is 20.6. The molecule has 3 aromatic rings. The van der Waals surface area contributed by atoms with E-state index in [1.165, 1.54) is 0 Å². The van der Waals surface area contributed by atoms with Gasteiger partial charge in [0.2, 0.25) is 0 Å². The molecule has 3 rings (SSSR count). The summed E-state index contributed by atoms with van der Waals surface area (Å²) in [4.78, 5) is 12.2. The van der Waals surface area contributed by atoms with E-state index in [-0.39, 0.29) is 18.4 Å². The molecule has 0 aromatic heterocycles. The zero-order chi connectivity index (χ0) is 20.1. The lowest BCUT2D eigenvalue weighted by atomic mass is 10.0. The van der Waals surface area contributed by atoms with E-state index in [4.69, 9.17) is 4.74 Å². The van der Waals surface area contributed by atoms with Gasteiger partial charge in [-0.15, -0.1) is 0 Å². The standard InChI is InChI=1S/C22H20Br2N2O2/c1-14(2)22(15-6-4-3-5-7-15)26-25-20(27)13-28-19-11-8-16-12-17(23)9-10-18(16)21(19)24/h3-12,14H,13H2,1-2H3,(H,25,27). The third-order valence-electron chi connectivity index (χ3n) is 4.16. The first-order valence-electron chi connectivity index (χ1n) is 8.88. The van der Waals surface area contributed by atoms with E-state index in [2.05, 4.69) is 42.4 Å². The van der Waals surface area contributed by atoms with Gasteiger partial charge in [-0.2, -0.15) is 5.10 Å². The smallest absolute Gasteiger partial charge is 0.277 e. The topological polar surface area (TPSA) is 50.7 Å². The molecule has 0 spiro atoms. The second-order valence-corrected chi connectivity index (χ2v) is 8.29. The van der Waals surface area contributed by atoms with Gasteiger partial charge >= 0.3 is 0 Å². The van der Waals surface area contributed by atoms with E-state index >= 15 is 0 Å². The highest BCUT2D eigenvalue weighted by Gasteiger charge is 2.11. The summed E-state index contributed by atoms with van der Waals surface area (Å²) in [7, 11) is 0. The zero-order valence-corrected chi connectivity index (χ0v) is 18.7. The van der Waals surface area contributed by atoms with Crippen molar-refractivity contribution in [1.29, 1.82) is 0 Å². The van der Waals surface area contributed by atoms with Gasteiger partial charge in [0.25, 0.3) is 5.91 Å². The van der Waals surface area contributed by atoms with Crippen molar-refractivity contribution in [2.75, 3.05) is 6.61 Å². The fourth-order valence-corrected chi connectivity index (χ4v) is 3.77. The van der Waals surface area contributed by atoms with Crippen molar-refractivity contribution in [3.8, 4) is 5.75 Å². The molecule has 0 saturated carbocycles. The fraction of sp³-hybridized carbons (Fsp3) is 0.182. The molecule has 0 bridgehead atoms. The minimum atomic E-state index is -0.308. The molecule has 0 atom stereocenters.